The van der Waals surface area contributed by atoms with E-state index in [2.05, 4.69) is 10.5 Å². The van der Waals surface area contributed by atoms with Crippen molar-refractivity contribution < 1.29 is 4.79 Å². The van der Waals surface area contributed by atoms with E-state index in [9.17, 15) is 4.79 Å². The van der Waals surface area contributed by atoms with Crippen LogP contribution in [0, 0.1) is 0 Å². The van der Waals surface area contributed by atoms with Crippen LogP contribution in [0.1, 0.15) is 15.9 Å². The number of hydrogen-bond acceptors (Lipinski definition) is 2. The molecule has 1 N–H and O–H groups in total. The van der Waals surface area contributed by atoms with Crippen molar-refractivity contribution in [2.45, 2.75) is 0 Å². The van der Waals surface area contributed by atoms with Gasteiger partial charge in [-0.05, 0) is 35.9 Å². The molecule has 21 heavy (non-hydrogen) atoms. The molecular formula is C14H8Cl4N2O. The van der Waals surface area contributed by atoms with Gasteiger partial charge < -0.3 is 0 Å². The third-order valence-electron chi connectivity index (χ3n) is 2.51. The molecule has 2 aromatic carbocycles. The molecule has 108 valence electrons. The maximum Gasteiger partial charge on any atom is 0.271 e. The summed E-state index contributed by atoms with van der Waals surface area (Å²) in [5, 5.41) is 5.39. The molecule has 0 fully saturated rings. The number of carbonyl (C=O) groups is 1. The van der Waals surface area contributed by atoms with Gasteiger partial charge in [0.25, 0.3) is 5.91 Å². The zero-order chi connectivity index (χ0) is 15.4. The van der Waals surface area contributed by atoms with E-state index in [1.807, 2.05) is 0 Å². The Morgan fingerprint density at radius 3 is 2.14 bits per heavy atom. The van der Waals surface area contributed by atoms with E-state index in [0.717, 1.165) is 0 Å². The fourth-order valence-corrected chi connectivity index (χ4v) is 2.06. The molecule has 0 aliphatic heterocycles. The van der Waals surface area contributed by atoms with Crippen molar-refractivity contribution in [3.8, 4) is 0 Å². The summed E-state index contributed by atoms with van der Waals surface area (Å²) in [6, 6.07) is 9.57. The van der Waals surface area contributed by atoms with Crippen molar-refractivity contribution in [1.82, 2.24) is 5.43 Å². The van der Waals surface area contributed by atoms with Crippen LogP contribution in [0.15, 0.2) is 41.5 Å². The molecule has 3 nitrogen and oxygen atoms in total. The Balaban J connectivity index is 2.04. The van der Waals surface area contributed by atoms with Crippen LogP contribution < -0.4 is 5.43 Å². The van der Waals surface area contributed by atoms with Crippen LogP contribution in [-0.4, -0.2) is 12.1 Å². The minimum atomic E-state index is -0.398. The molecule has 0 aliphatic carbocycles. The highest BCUT2D eigenvalue weighted by Crippen LogP contribution is 2.23. The molecule has 2 aromatic rings. The van der Waals surface area contributed by atoms with E-state index < -0.39 is 5.91 Å². The number of nitrogens with one attached hydrogen (secondary N) is 1. The van der Waals surface area contributed by atoms with Crippen LogP contribution in [0.4, 0.5) is 0 Å². The summed E-state index contributed by atoms with van der Waals surface area (Å²) in [6.45, 7) is 0. The second-order valence-electron chi connectivity index (χ2n) is 4.00. The summed E-state index contributed by atoms with van der Waals surface area (Å²) >= 11 is 23.3. The number of amides is 1. The Bertz CT molecular complexity index is 716. The van der Waals surface area contributed by atoms with Gasteiger partial charge in [-0.3, -0.25) is 4.79 Å². The summed E-state index contributed by atoms with van der Waals surface area (Å²) < 4.78 is 0. The van der Waals surface area contributed by atoms with Gasteiger partial charge in [0.2, 0.25) is 0 Å². The number of hydrazone groups is 1. The van der Waals surface area contributed by atoms with Gasteiger partial charge in [0.05, 0.1) is 26.3 Å². The first-order chi connectivity index (χ1) is 9.97. The van der Waals surface area contributed by atoms with E-state index in [4.69, 9.17) is 46.4 Å². The summed E-state index contributed by atoms with van der Waals surface area (Å²) in [5.74, 6) is -0.398. The maximum absolute atomic E-state index is 11.8. The molecule has 0 saturated carbocycles. The molecule has 0 radical (unpaired) electrons. The van der Waals surface area contributed by atoms with E-state index in [-0.39, 0.29) is 0 Å². The smallest absolute Gasteiger partial charge is 0.267 e. The predicted molar refractivity (Wildman–Crippen MR) is 88.0 cm³/mol. The average molecular weight is 362 g/mol. The second kappa shape index (κ2) is 7.14. The van der Waals surface area contributed by atoms with Gasteiger partial charge in [-0.1, -0.05) is 52.5 Å². The van der Waals surface area contributed by atoms with Crippen LogP contribution in [0.5, 0.6) is 0 Å². The minimum absolute atomic E-state index is 0.303. The molecule has 0 unspecified atom stereocenters. The maximum atomic E-state index is 11.8. The standard InChI is InChI=1S/C14H8Cl4N2O/c15-10-3-1-8(5-12(10)17)7-19-20-14(21)9-2-4-11(16)13(18)6-9/h1-7H,(H,20,21)/b19-7+. The lowest BCUT2D eigenvalue weighted by Crippen LogP contribution is -2.17. The van der Waals surface area contributed by atoms with Crippen molar-refractivity contribution in [2.75, 3.05) is 0 Å². The summed E-state index contributed by atoms with van der Waals surface area (Å²) in [4.78, 5) is 11.8. The van der Waals surface area contributed by atoms with Crippen LogP contribution in [0.2, 0.25) is 20.1 Å². The van der Waals surface area contributed by atoms with Crippen molar-refractivity contribution in [3.63, 3.8) is 0 Å². The highest BCUT2D eigenvalue weighted by molar-refractivity contribution is 6.42. The minimum Gasteiger partial charge on any atom is -0.267 e. The quantitative estimate of drug-likeness (QED) is 0.602. The normalized spacial score (nSPS) is 10.9. The lowest BCUT2D eigenvalue weighted by molar-refractivity contribution is 0.0955. The molecule has 2 rings (SSSR count). The second-order valence-corrected chi connectivity index (χ2v) is 5.63. The van der Waals surface area contributed by atoms with Crippen molar-refractivity contribution in [2.24, 2.45) is 5.10 Å². The Labute approximate surface area is 141 Å². The third kappa shape index (κ3) is 4.35. The van der Waals surface area contributed by atoms with Gasteiger partial charge in [0.15, 0.2) is 0 Å². The number of rotatable bonds is 3. The SMILES string of the molecule is O=C(N/N=C/c1ccc(Cl)c(Cl)c1)c1ccc(Cl)c(Cl)c1. The molecule has 0 spiro atoms. The van der Waals surface area contributed by atoms with Crippen LogP contribution in [0.3, 0.4) is 0 Å². The highest BCUT2D eigenvalue weighted by Gasteiger charge is 2.06. The molecule has 0 saturated heterocycles. The molecular weight excluding hydrogens is 354 g/mol. The fraction of sp³-hybridized carbons (Fsp3) is 0. The van der Waals surface area contributed by atoms with Crippen LogP contribution in [-0.2, 0) is 0 Å². The van der Waals surface area contributed by atoms with E-state index in [1.54, 1.807) is 30.3 Å². The summed E-state index contributed by atoms with van der Waals surface area (Å²) in [5.41, 5.74) is 3.45. The van der Waals surface area contributed by atoms with Gasteiger partial charge >= 0.3 is 0 Å². The molecule has 0 aliphatic rings. The van der Waals surface area contributed by atoms with Crippen molar-refractivity contribution in [1.29, 1.82) is 0 Å². The van der Waals surface area contributed by atoms with E-state index in [1.165, 1.54) is 12.3 Å². The number of hydrogen-bond donors (Lipinski definition) is 1. The number of carbonyl (C=O) groups excluding carboxylic acids is 1. The molecule has 1 amide bonds. The Morgan fingerprint density at radius 2 is 1.52 bits per heavy atom. The zero-order valence-electron chi connectivity index (χ0n) is 10.4. The summed E-state index contributed by atoms with van der Waals surface area (Å²) in [7, 11) is 0. The molecule has 7 heteroatoms. The van der Waals surface area contributed by atoms with Crippen molar-refractivity contribution >= 4 is 58.5 Å². The fourth-order valence-electron chi connectivity index (χ4n) is 1.46. The van der Waals surface area contributed by atoms with Crippen LogP contribution in [0.25, 0.3) is 0 Å². The molecule has 0 heterocycles. The number of benzene rings is 2. The lowest BCUT2D eigenvalue weighted by atomic mass is 10.2. The van der Waals surface area contributed by atoms with Crippen molar-refractivity contribution in [3.05, 3.63) is 67.6 Å². The number of halogens is 4. The highest BCUT2D eigenvalue weighted by atomic mass is 35.5. The largest absolute Gasteiger partial charge is 0.271 e. The van der Waals surface area contributed by atoms with Gasteiger partial charge in [0.1, 0.15) is 0 Å². The Hall–Kier alpha value is -1.26. The zero-order valence-corrected chi connectivity index (χ0v) is 13.4. The van der Waals surface area contributed by atoms with E-state index >= 15 is 0 Å². The molecule has 0 bridgehead atoms. The first kappa shape index (κ1) is 16.1. The molecule has 0 atom stereocenters. The Kier molecular flexibility index (Phi) is 5.48. The topological polar surface area (TPSA) is 41.5 Å². The first-order valence-corrected chi connectivity index (χ1v) is 7.22. The van der Waals surface area contributed by atoms with Gasteiger partial charge in [-0.25, -0.2) is 5.43 Å². The predicted octanol–water partition coefficient (Wildman–Crippen LogP) is 5.06. The van der Waals surface area contributed by atoms with E-state index in [0.29, 0.717) is 31.2 Å². The average Bonchev–Trinajstić information content (AvgIpc) is 2.45. The third-order valence-corrected chi connectivity index (χ3v) is 3.98. The lowest BCUT2D eigenvalue weighted by Gasteiger charge is -2.02. The van der Waals surface area contributed by atoms with Gasteiger partial charge in [-0.2, -0.15) is 5.10 Å². The van der Waals surface area contributed by atoms with Gasteiger partial charge in [-0.15, -0.1) is 0 Å². The summed E-state index contributed by atoms with van der Waals surface area (Å²) in [6.07, 6.45) is 1.46. The Morgan fingerprint density at radius 1 is 0.905 bits per heavy atom. The first-order valence-electron chi connectivity index (χ1n) is 5.71. The van der Waals surface area contributed by atoms with Gasteiger partial charge in [0, 0.05) is 5.56 Å². The monoisotopic (exact) mass is 360 g/mol. The number of nitrogens with zero attached hydrogens (tertiary/aromatic N) is 1. The molecule has 0 aromatic heterocycles. The van der Waals surface area contributed by atoms with Crippen LogP contribution >= 0.6 is 46.4 Å².